The molecular formula is C15H19NO2Si. The van der Waals surface area contributed by atoms with Crippen LogP contribution in [0.25, 0.3) is 0 Å². The van der Waals surface area contributed by atoms with Crippen LogP contribution in [0.3, 0.4) is 0 Å². The van der Waals surface area contributed by atoms with Crippen molar-refractivity contribution in [3.8, 4) is 5.75 Å². The van der Waals surface area contributed by atoms with Crippen molar-refractivity contribution in [1.82, 2.24) is 0 Å². The third kappa shape index (κ3) is 4.10. The summed E-state index contributed by atoms with van der Waals surface area (Å²) in [5.74, 6) is 1.58. The molecule has 0 aliphatic carbocycles. The van der Waals surface area contributed by atoms with Gasteiger partial charge >= 0.3 is 0 Å². The third-order valence-electron chi connectivity index (χ3n) is 2.40. The average Bonchev–Trinajstić information content (AvgIpc) is 2.81. The van der Waals surface area contributed by atoms with Gasteiger partial charge in [0.25, 0.3) is 0 Å². The highest BCUT2D eigenvalue weighted by Crippen LogP contribution is 2.30. The summed E-state index contributed by atoms with van der Waals surface area (Å²) < 4.78 is 11.3. The van der Waals surface area contributed by atoms with Gasteiger partial charge in [-0.2, -0.15) is 0 Å². The van der Waals surface area contributed by atoms with Gasteiger partial charge in [0.05, 0.1) is 12.5 Å². The Morgan fingerprint density at radius 3 is 2.63 bits per heavy atom. The number of hydrogen-bond donors (Lipinski definition) is 0. The minimum atomic E-state index is -1.64. The molecule has 0 amide bonds. The summed E-state index contributed by atoms with van der Waals surface area (Å²) in [6, 6.07) is 9.77. The first-order valence-electron chi connectivity index (χ1n) is 6.31. The number of nitrogens with zero attached hydrogens (tertiary/aromatic N) is 1. The first-order chi connectivity index (χ1) is 8.94. The normalized spacial score (nSPS) is 12.0. The highest BCUT2D eigenvalue weighted by atomic mass is 28.4. The van der Waals surface area contributed by atoms with Crippen molar-refractivity contribution in [2.75, 3.05) is 0 Å². The van der Waals surface area contributed by atoms with Crippen molar-refractivity contribution >= 4 is 20.2 Å². The molecule has 0 spiro atoms. The zero-order chi connectivity index (χ0) is 13.9. The van der Waals surface area contributed by atoms with Crippen LogP contribution in [0.4, 0.5) is 5.69 Å². The Labute approximate surface area is 115 Å². The molecule has 0 saturated heterocycles. The maximum atomic E-state index is 6.05. The monoisotopic (exact) mass is 273 g/mol. The molecule has 1 aromatic heterocycles. The Balaban J connectivity index is 2.29. The van der Waals surface area contributed by atoms with Crippen molar-refractivity contribution in [2.45, 2.75) is 26.6 Å². The third-order valence-corrected chi connectivity index (χ3v) is 3.24. The molecule has 1 aromatic carbocycles. The van der Waals surface area contributed by atoms with Gasteiger partial charge in [-0.05, 0) is 56.4 Å². The molecule has 3 nitrogen and oxygen atoms in total. The highest BCUT2D eigenvalue weighted by Gasteiger charge is 2.18. The second-order valence-electron chi connectivity index (χ2n) is 5.46. The van der Waals surface area contributed by atoms with Crippen LogP contribution in [-0.2, 0) is 0 Å². The van der Waals surface area contributed by atoms with Gasteiger partial charge < -0.3 is 8.84 Å². The summed E-state index contributed by atoms with van der Waals surface area (Å²) in [4.78, 5) is 4.47. The molecule has 0 N–H and O–H groups in total. The van der Waals surface area contributed by atoms with E-state index in [1.165, 1.54) is 0 Å². The van der Waals surface area contributed by atoms with E-state index in [1.807, 2.05) is 37.3 Å². The van der Waals surface area contributed by atoms with Crippen LogP contribution in [0.5, 0.6) is 5.75 Å². The fraction of sp³-hybridized carbons (Fsp3) is 0.267. The lowest BCUT2D eigenvalue weighted by atomic mass is 10.2. The summed E-state index contributed by atoms with van der Waals surface area (Å²) >= 11 is 0. The van der Waals surface area contributed by atoms with Gasteiger partial charge in [-0.25, -0.2) is 4.99 Å². The van der Waals surface area contributed by atoms with Crippen LogP contribution in [0.15, 0.2) is 46.0 Å². The lowest BCUT2D eigenvalue weighted by Gasteiger charge is -2.20. The summed E-state index contributed by atoms with van der Waals surface area (Å²) in [6.45, 7) is 8.52. The number of rotatable bonds is 4. The van der Waals surface area contributed by atoms with Crippen LogP contribution in [-0.4, -0.2) is 14.5 Å². The minimum Gasteiger partial charge on any atom is -0.543 e. The number of benzene rings is 1. The molecule has 2 rings (SSSR count). The van der Waals surface area contributed by atoms with Crippen molar-refractivity contribution in [1.29, 1.82) is 0 Å². The average molecular weight is 273 g/mol. The molecule has 0 unspecified atom stereocenters. The fourth-order valence-corrected chi connectivity index (χ4v) is 2.47. The molecule has 0 aliphatic heterocycles. The summed E-state index contributed by atoms with van der Waals surface area (Å²) in [5, 5.41) is 0. The highest BCUT2D eigenvalue weighted by molar-refractivity contribution is 6.70. The first-order valence-corrected chi connectivity index (χ1v) is 9.72. The second kappa shape index (κ2) is 5.44. The van der Waals surface area contributed by atoms with Gasteiger partial charge in [-0.3, -0.25) is 0 Å². The molecule has 0 radical (unpaired) electrons. The zero-order valence-electron chi connectivity index (χ0n) is 11.8. The molecule has 0 aliphatic rings. The van der Waals surface area contributed by atoms with E-state index < -0.39 is 8.32 Å². The number of aliphatic imine (C=N–C) groups is 1. The SMILES string of the molecule is Cc1ccc(O[Si](C)(C)C)c(/N=C/c2ccco2)c1. The van der Waals surface area contributed by atoms with E-state index in [4.69, 9.17) is 8.84 Å². The van der Waals surface area contributed by atoms with E-state index in [9.17, 15) is 0 Å². The topological polar surface area (TPSA) is 34.7 Å². The van der Waals surface area contributed by atoms with Crippen LogP contribution in [0, 0.1) is 6.92 Å². The van der Waals surface area contributed by atoms with Crippen molar-refractivity contribution in [2.24, 2.45) is 4.99 Å². The van der Waals surface area contributed by atoms with Crippen LogP contribution in [0.2, 0.25) is 19.6 Å². The molecule has 100 valence electrons. The minimum absolute atomic E-state index is 0.737. The van der Waals surface area contributed by atoms with Gasteiger partial charge in [-0.1, -0.05) is 6.07 Å². The summed E-state index contributed by atoms with van der Waals surface area (Å²) in [7, 11) is -1.64. The number of furan rings is 1. The number of aryl methyl sites for hydroxylation is 1. The molecule has 0 bridgehead atoms. The molecular weight excluding hydrogens is 254 g/mol. The van der Waals surface area contributed by atoms with Gasteiger partial charge in [0.15, 0.2) is 0 Å². The standard InChI is InChI=1S/C15H19NO2Si/c1-12-7-8-15(18-19(2,3)4)14(10-12)16-11-13-6-5-9-17-13/h5-11H,1-4H3/b16-11+. The van der Waals surface area contributed by atoms with Gasteiger partial charge in [0.1, 0.15) is 17.2 Å². The predicted octanol–water partition coefficient (Wildman–Crippen LogP) is 4.55. The Morgan fingerprint density at radius 1 is 1.21 bits per heavy atom. The Kier molecular flexibility index (Phi) is 3.90. The molecule has 19 heavy (non-hydrogen) atoms. The van der Waals surface area contributed by atoms with E-state index in [2.05, 4.69) is 24.6 Å². The van der Waals surface area contributed by atoms with Gasteiger partial charge in [0, 0.05) is 0 Å². The van der Waals surface area contributed by atoms with Crippen molar-refractivity contribution in [3.63, 3.8) is 0 Å². The lowest BCUT2D eigenvalue weighted by Crippen LogP contribution is -2.29. The molecule has 4 heteroatoms. The lowest BCUT2D eigenvalue weighted by molar-refractivity contribution is 0.557. The second-order valence-corrected chi connectivity index (χ2v) is 9.89. The molecule has 0 fully saturated rings. The number of hydrogen-bond acceptors (Lipinski definition) is 3. The Hall–Kier alpha value is -1.81. The predicted molar refractivity (Wildman–Crippen MR) is 81.1 cm³/mol. The van der Waals surface area contributed by atoms with Crippen LogP contribution >= 0.6 is 0 Å². The van der Waals surface area contributed by atoms with E-state index in [0.29, 0.717) is 0 Å². The molecule has 0 saturated carbocycles. The van der Waals surface area contributed by atoms with E-state index in [-0.39, 0.29) is 0 Å². The first kappa shape index (κ1) is 13.6. The van der Waals surface area contributed by atoms with Gasteiger partial charge in [-0.15, -0.1) is 0 Å². The molecule has 0 atom stereocenters. The van der Waals surface area contributed by atoms with Crippen molar-refractivity contribution in [3.05, 3.63) is 47.9 Å². The quantitative estimate of drug-likeness (QED) is 0.605. The Bertz CT molecular complexity index is 568. The van der Waals surface area contributed by atoms with Crippen molar-refractivity contribution < 1.29 is 8.84 Å². The summed E-state index contributed by atoms with van der Waals surface area (Å²) in [6.07, 6.45) is 3.35. The zero-order valence-corrected chi connectivity index (χ0v) is 12.8. The largest absolute Gasteiger partial charge is 0.543 e. The van der Waals surface area contributed by atoms with E-state index in [0.717, 1.165) is 22.8 Å². The maximum absolute atomic E-state index is 6.05. The molecule has 1 heterocycles. The van der Waals surface area contributed by atoms with Gasteiger partial charge in [0.2, 0.25) is 8.32 Å². The van der Waals surface area contributed by atoms with Crippen LogP contribution < -0.4 is 4.43 Å². The Morgan fingerprint density at radius 2 is 2.00 bits per heavy atom. The summed E-state index contributed by atoms with van der Waals surface area (Å²) in [5.41, 5.74) is 2.01. The maximum Gasteiger partial charge on any atom is 0.242 e. The van der Waals surface area contributed by atoms with E-state index >= 15 is 0 Å². The van der Waals surface area contributed by atoms with E-state index in [1.54, 1.807) is 12.5 Å². The molecule has 2 aromatic rings. The van der Waals surface area contributed by atoms with Crippen LogP contribution in [0.1, 0.15) is 11.3 Å². The smallest absolute Gasteiger partial charge is 0.242 e. The fourth-order valence-electron chi connectivity index (χ4n) is 1.64.